The van der Waals surface area contributed by atoms with E-state index in [0.717, 1.165) is 55.3 Å². The lowest BCUT2D eigenvalue weighted by molar-refractivity contribution is 0.211. The van der Waals surface area contributed by atoms with E-state index in [1.54, 1.807) is 12.1 Å². The second kappa shape index (κ2) is 7.89. The molecule has 0 aliphatic carbocycles. The third kappa shape index (κ3) is 4.52. The Morgan fingerprint density at radius 1 is 1.20 bits per heavy atom. The van der Waals surface area contributed by atoms with E-state index >= 15 is 0 Å². The highest BCUT2D eigenvalue weighted by atomic mass is 35.5. The summed E-state index contributed by atoms with van der Waals surface area (Å²) in [5, 5.41) is 7.60. The van der Waals surface area contributed by atoms with E-state index in [0.29, 0.717) is 11.6 Å². The molecule has 1 aromatic heterocycles. The van der Waals surface area contributed by atoms with Crippen molar-refractivity contribution in [2.24, 2.45) is 0 Å². The Labute approximate surface area is 152 Å². The summed E-state index contributed by atoms with van der Waals surface area (Å²) in [5.41, 5.74) is 2.85. The van der Waals surface area contributed by atoms with E-state index < -0.39 is 0 Å². The smallest absolute Gasteiger partial charge is 0.321 e. The lowest BCUT2D eigenvalue weighted by Crippen LogP contribution is -2.38. The number of halogens is 1. The molecule has 2 heterocycles. The number of hydrogen-bond acceptors (Lipinski definition) is 4. The molecule has 6 nitrogen and oxygen atoms in total. The highest BCUT2D eigenvalue weighted by molar-refractivity contribution is 6.30. The highest BCUT2D eigenvalue weighted by Gasteiger charge is 2.21. The van der Waals surface area contributed by atoms with Crippen LogP contribution in [0.25, 0.3) is 0 Å². The number of aromatic nitrogens is 1. The fourth-order valence-corrected chi connectivity index (χ4v) is 3.15. The number of urea groups is 1. The predicted octanol–water partition coefficient (Wildman–Crippen LogP) is 3.68. The Bertz CT molecular complexity index is 710. The number of rotatable bonds is 3. The van der Waals surface area contributed by atoms with Gasteiger partial charge in [0.25, 0.3) is 0 Å². The van der Waals surface area contributed by atoms with Crippen molar-refractivity contribution in [3.8, 4) is 0 Å². The topological polar surface area (TPSA) is 61.6 Å². The molecule has 1 saturated heterocycles. The van der Waals surface area contributed by atoms with Crippen molar-refractivity contribution in [2.75, 3.05) is 31.5 Å². The van der Waals surface area contributed by atoms with Gasteiger partial charge in [0.15, 0.2) is 0 Å². The first kappa shape index (κ1) is 17.8. The van der Waals surface area contributed by atoms with Gasteiger partial charge in [0.05, 0.1) is 5.69 Å². The number of anilines is 1. The number of amides is 2. The van der Waals surface area contributed by atoms with Crippen molar-refractivity contribution in [3.05, 3.63) is 46.3 Å². The molecule has 0 saturated carbocycles. The molecule has 7 heteroatoms. The number of hydrogen-bond donors (Lipinski definition) is 1. The Hall–Kier alpha value is -2.05. The second-order valence-corrected chi connectivity index (χ2v) is 6.79. The lowest BCUT2D eigenvalue weighted by Gasteiger charge is -2.22. The van der Waals surface area contributed by atoms with E-state index in [1.807, 2.05) is 30.9 Å². The quantitative estimate of drug-likeness (QED) is 0.904. The largest absolute Gasteiger partial charge is 0.361 e. The lowest BCUT2D eigenvalue weighted by atomic mass is 10.2. The maximum absolute atomic E-state index is 12.5. The molecule has 134 valence electrons. The van der Waals surface area contributed by atoms with Crippen molar-refractivity contribution in [3.63, 3.8) is 0 Å². The monoisotopic (exact) mass is 362 g/mol. The molecule has 1 aliphatic rings. The van der Waals surface area contributed by atoms with Crippen molar-refractivity contribution in [1.82, 2.24) is 15.0 Å². The minimum absolute atomic E-state index is 0.0680. The summed E-state index contributed by atoms with van der Waals surface area (Å²) >= 11 is 5.88. The van der Waals surface area contributed by atoms with E-state index in [9.17, 15) is 4.79 Å². The van der Waals surface area contributed by atoms with Gasteiger partial charge in [-0.25, -0.2) is 4.79 Å². The molecule has 0 spiro atoms. The Morgan fingerprint density at radius 2 is 1.96 bits per heavy atom. The Kier molecular flexibility index (Phi) is 5.60. The molecule has 0 radical (unpaired) electrons. The van der Waals surface area contributed by atoms with Crippen molar-refractivity contribution >= 4 is 23.3 Å². The summed E-state index contributed by atoms with van der Waals surface area (Å²) in [6, 6.07) is 7.08. The van der Waals surface area contributed by atoms with Crippen molar-refractivity contribution < 1.29 is 9.32 Å². The second-order valence-electron chi connectivity index (χ2n) is 6.36. The van der Waals surface area contributed by atoms with Gasteiger partial charge < -0.3 is 14.7 Å². The highest BCUT2D eigenvalue weighted by Crippen LogP contribution is 2.17. The Balaban J connectivity index is 1.55. The number of nitrogens with one attached hydrogen (secondary N) is 1. The van der Waals surface area contributed by atoms with Crippen LogP contribution in [-0.2, 0) is 6.54 Å². The standard InChI is InChI=1S/C18H23ClN4O2/c1-13-17(14(2)25-21-13)12-22-8-3-9-23(11-10-22)18(24)20-16-6-4-15(19)5-7-16/h4-7H,3,8-12H2,1-2H3,(H,20,24). The van der Waals surface area contributed by atoms with Gasteiger partial charge in [-0.3, -0.25) is 4.90 Å². The fraction of sp³-hybridized carbons (Fsp3) is 0.444. The first-order valence-electron chi connectivity index (χ1n) is 8.48. The van der Waals surface area contributed by atoms with Crippen LogP contribution < -0.4 is 5.32 Å². The number of aryl methyl sites for hydroxylation is 2. The van der Waals surface area contributed by atoms with Crippen LogP contribution in [0.3, 0.4) is 0 Å². The SMILES string of the molecule is Cc1noc(C)c1CN1CCCN(C(=O)Nc2ccc(Cl)cc2)CC1. The van der Waals surface area contributed by atoms with Gasteiger partial charge in [0.1, 0.15) is 5.76 Å². The van der Waals surface area contributed by atoms with Gasteiger partial charge >= 0.3 is 6.03 Å². The zero-order valence-corrected chi connectivity index (χ0v) is 15.3. The summed E-state index contributed by atoms with van der Waals surface area (Å²) in [4.78, 5) is 16.7. The first-order valence-corrected chi connectivity index (χ1v) is 8.86. The zero-order chi connectivity index (χ0) is 17.8. The predicted molar refractivity (Wildman–Crippen MR) is 97.9 cm³/mol. The molecular weight excluding hydrogens is 340 g/mol. The summed E-state index contributed by atoms with van der Waals surface area (Å²) in [6.07, 6.45) is 0.942. The zero-order valence-electron chi connectivity index (χ0n) is 14.6. The number of benzene rings is 1. The molecular formula is C18H23ClN4O2. The van der Waals surface area contributed by atoms with E-state index in [-0.39, 0.29) is 6.03 Å². The van der Waals surface area contributed by atoms with Gasteiger partial charge in [-0.1, -0.05) is 16.8 Å². The maximum Gasteiger partial charge on any atom is 0.321 e. The summed E-state index contributed by atoms with van der Waals surface area (Å²) in [7, 11) is 0. The molecule has 1 fully saturated rings. The molecule has 0 bridgehead atoms. The van der Waals surface area contributed by atoms with Crippen LogP contribution in [0.4, 0.5) is 10.5 Å². The maximum atomic E-state index is 12.5. The van der Waals surface area contributed by atoms with Gasteiger partial charge in [-0.2, -0.15) is 0 Å². The van der Waals surface area contributed by atoms with Crippen LogP contribution >= 0.6 is 11.6 Å². The molecule has 3 rings (SSSR count). The normalized spacial score (nSPS) is 15.9. The number of carbonyl (C=O) groups is 1. The van der Waals surface area contributed by atoms with Crippen LogP contribution in [-0.4, -0.2) is 47.2 Å². The van der Waals surface area contributed by atoms with Gasteiger partial charge in [-0.15, -0.1) is 0 Å². The average Bonchev–Trinajstić information content (AvgIpc) is 2.79. The third-order valence-corrected chi connectivity index (χ3v) is 4.79. The van der Waals surface area contributed by atoms with E-state index in [2.05, 4.69) is 15.4 Å². The molecule has 0 unspecified atom stereocenters. The molecule has 25 heavy (non-hydrogen) atoms. The van der Waals surface area contributed by atoms with Gasteiger partial charge in [-0.05, 0) is 44.5 Å². The fourth-order valence-electron chi connectivity index (χ4n) is 3.02. The molecule has 1 aromatic carbocycles. The summed E-state index contributed by atoms with van der Waals surface area (Å²) < 4.78 is 5.24. The summed E-state index contributed by atoms with van der Waals surface area (Å²) in [6.45, 7) is 7.95. The third-order valence-electron chi connectivity index (χ3n) is 4.53. The van der Waals surface area contributed by atoms with Crippen LogP contribution in [0, 0.1) is 13.8 Å². The summed E-state index contributed by atoms with van der Waals surface area (Å²) in [5.74, 6) is 0.874. The van der Waals surface area contributed by atoms with Crippen molar-refractivity contribution in [1.29, 1.82) is 0 Å². The van der Waals surface area contributed by atoms with Crippen LogP contribution in [0.15, 0.2) is 28.8 Å². The van der Waals surface area contributed by atoms with Crippen LogP contribution in [0.2, 0.25) is 5.02 Å². The molecule has 0 atom stereocenters. The minimum atomic E-state index is -0.0680. The van der Waals surface area contributed by atoms with Crippen LogP contribution in [0.5, 0.6) is 0 Å². The van der Waals surface area contributed by atoms with Crippen molar-refractivity contribution in [2.45, 2.75) is 26.8 Å². The molecule has 1 N–H and O–H groups in total. The van der Waals surface area contributed by atoms with Gasteiger partial charge in [0, 0.05) is 49.0 Å². The van der Waals surface area contributed by atoms with Crippen LogP contribution in [0.1, 0.15) is 23.4 Å². The Morgan fingerprint density at radius 3 is 2.64 bits per heavy atom. The first-order chi connectivity index (χ1) is 12.0. The molecule has 2 aromatic rings. The van der Waals surface area contributed by atoms with E-state index in [1.165, 1.54) is 0 Å². The molecule has 2 amide bonds. The minimum Gasteiger partial charge on any atom is -0.361 e. The number of nitrogens with zero attached hydrogens (tertiary/aromatic N) is 3. The average molecular weight is 363 g/mol. The van der Waals surface area contributed by atoms with E-state index in [4.69, 9.17) is 16.1 Å². The number of carbonyl (C=O) groups excluding carboxylic acids is 1. The molecule has 1 aliphatic heterocycles. The van der Waals surface area contributed by atoms with Gasteiger partial charge in [0.2, 0.25) is 0 Å².